The van der Waals surface area contributed by atoms with E-state index in [1.165, 1.54) is 0 Å². The molecule has 0 saturated carbocycles. The molecule has 1 aromatic heterocycles. The van der Waals surface area contributed by atoms with Gasteiger partial charge in [0.15, 0.2) is 5.78 Å². The Hall–Kier alpha value is -1.13. The molecule has 0 bridgehead atoms. The molecule has 0 atom stereocenters. The number of carbonyl (C=O) groups is 1. The summed E-state index contributed by atoms with van der Waals surface area (Å²) in [4.78, 5) is 13.9. The van der Waals surface area contributed by atoms with Gasteiger partial charge in [-0.05, 0) is 11.6 Å². The van der Waals surface area contributed by atoms with Crippen LogP contribution < -0.4 is 5.32 Å². The number of carbonyl (C=O) groups excluding carboxylic acids is 1. The van der Waals surface area contributed by atoms with E-state index in [0.29, 0.717) is 13.0 Å². The lowest BCUT2D eigenvalue weighted by Crippen LogP contribution is -2.45. The highest BCUT2D eigenvalue weighted by molar-refractivity contribution is 5.82. The van der Waals surface area contributed by atoms with Gasteiger partial charge in [0.25, 0.3) is 0 Å². The smallest absolute Gasteiger partial charge is 0.151 e. The van der Waals surface area contributed by atoms with Crippen LogP contribution in [0.5, 0.6) is 0 Å². The lowest BCUT2D eigenvalue weighted by atomic mass is 10.1. The van der Waals surface area contributed by atoms with Crippen LogP contribution in [0.25, 0.3) is 0 Å². The highest BCUT2D eigenvalue weighted by Gasteiger charge is 2.13. The Bertz CT molecular complexity index is 302. The number of hydrogen-bond donors (Lipinski definition) is 1. The minimum absolute atomic E-state index is 0.262. The minimum atomic E-state index is 0.262. The Labute approximate surface area is 89.2 Å². The summed E-state index contributed by atoms with van der Waals surface area (Å²) in [5.41, 5.74) is 0.968. The Morgan fingerprint density at radius 2 is 2.27 bits per heavy atom. The first-order valence-electron chi connectivity index (χ1n) is 5.30. The normalized spacial score (nSPS) is 17.9. The van der Waals surface area contributed by atoms with E-state index in [1.807, 2.05) is 6.07 Å². The SMILES string of the molecule is O=C(Cc1ccoc1)CN1CCNCC1. The van der Waals surface area contributed by atoms with Gasteiger partial charge in [0, 0.05) is 32.6 Å². The molecular formula is C11H16N2O2. The van der Waals surface area contributed by atoms with Crippen molar-refractivity contribution in [1.29, 1.82) is 0 Å². The first-order chi connectivity index (χ1) is 7.34. The number of piperazine rings is 1. The van der Waals surface area contributed by atoms with E-state index in [9.17, 15) is 4.79 Å². The van der Waals surface area contributed by atoms with E-state index >= 15 is 0 Å². The second-order valence-electron chi connectivity index (χ2n) is 3.87. The van der Waals surface area contributed by atoms with Crippen LogP contribution in [-0.2, 0) is 11.2 Å². The van der Waals surface area contributed by atoms with E-state index < -0.39 is 0 Å². The van der Waals surface area contributed by atoms with Gasteiger partial charge in [0.1, 0.15) is 0 Å². The van der Waals surface area contributed by atoms with Crippen molar-refractivity contribution in [2.75, 3.05) is 32.7 Å². The molecule has 1 aliphatic rings. The molecule has 2 rings (SSSR count). The Morgan fingerprint density at radius 1 is 1.47 bits per heavy atom. The summed E-state index contributed by atoms with van der Waals surface area (Å²) in [5.74, 6) is 0.262. The van der Waals surface area contributed by atoms with Gasteiger partial charge in [-0.25, -0.2) is 0 Å². The zero-order valence-corrected chi connectivity index (χ0v) is 8.74. The maximum atomic E-state index is 11.7. The summed E-state index contributed by atoms with van der Waals surface area (Å²) < 4.78 is 4.93. The van der Waals surface area contributed by atoms with Crippen molar-refractivity contribution in [3.05, 3.63) is 24.2 Å². The molecule has 82 valence electrons. The van der Waals surface area contributed by atoms with Crippen molar-refractivity contribution in [3.8, 4) is 0 Å². The molecule has 0 amide bonds. The van der Waals surface area contributed by atoms with Crippen LogP contribution in [0.4, 0.5) is 0 Å². The molecule has 0 unspecified atom stereocenters. The second kappa shape index (κ2) is 5.09. The van der Waals surface area contributed by atoms with Gasteiger partial charge >= 0.3 is 0 Å². The number of furan rings is 1. The van der Waals surface area contributed by atoms with Crippen LogP contribution in [0.3, 0.4) is 0 Å². The van der Waals surface area contributed by atoms with Crippen molar-refractivity contribution in [3.63, 3.8) is 0 Å². The highest BCUT2D eigenvalue weighted by atomic mass is 16.3. The van der Waals surface area contributed by atoms with Crippen molar-refractivity contribution in [1.82, 2.24) is 10.2 Å². The van der Waals surface area contributed by atoms with Gasteiger partial charge in [0.2, 0.25) is 0 Å². The number of nitrogens with one attached hydrogen (secondary N) is 1. The third kappa shape index (κ3) is 3.18. The van der Waals surface area contributed by atoms with Gasteiger partial charge in [-0.3, -0.25) is 9.69 Å². The third-order valence-corrected chi connectivity index (χ3v) is 2.59. The lowest BCUT2D eigenvalue weighted by molar-refractivity contribution is -0.119. The molecule has 1 aromatic rings. The second-order valence-corrected chi connectivity index (χ2v) is 3.87. The molecule has 4 nitrogen and oxygen atoms in total. The molecule has 0 aliphatic carbocycles. The molecule has 4 heteroatoms. The van der Waals surface area contributed by atoms with E-state index in [-0.39, 0.29) is 5.78 Å². The molecule has 0 aromatic carbocycles. The molecular weight excluding hydrogens is 192 g/mol. The van der Waals surface area contributed by atoms with Crippen LogP contribution >= 0.6 is 0 Å². The van der Waals surface area contributed by atoms with Crippen LogP contribution in [0.1, 0.15) is 5.56 Å². The summed E-state index contributed by atoms with van der Waals surface area (Å²) in [5, 5.41) is 3.27. The van der Waals surface area contributed by atoms with Crippen molar-refractivity contribution in [2.45, 2.75) is 6.42 Å². The first kappa shape index (κ1) is 10.4. The summed E-state index contributed by atoms with van der Waals surface area (Å²) >= 11 is 0. The summed E-state index contributed by atoms with van der Waals surface area (Å²) in [6.45, 7) is 4.47. The van der Waals surface area contributed by atoms with E-state index in [1.54, 1.807) is 12.5 Å². The molecule has 1 N–H and O–H groups in total. The maximum Gasteiger partial charge on any atom is 0.151 e. The van der Waals surface area contributed by atoms with Crippen LogP contribution in [-0.4, -0.2) is 43.4 Å². The summed E-state index contributed by atoms with van der Waals surface area (Å²) in [7, 11) is 0. The third-order valence-electron chi connectivity index (χ3n) is 2.59. The van der Waals surface area contributed by atoms with Gasteiger partial charge in [-0.15, -0.1) is 0 Å². The number of ketones is 1. The highest BCUT2D eigenvalue weighted by Crippen LogP contribution is 2.02. The molecule has 2 heterocycles. The summed E-state index contributed by atoms with van der Waals surface area (Å²) in [6, 6.07) is 1.84. The van der Waals surface area contributed by atoms with Crippen molar-refractivity contribution >= 4 is 5.78 Å². The predicted molar refractivity (Wildman–Crippen MR) is 56.7 cm³/mol. The fourth-order valence-corrected chi connectivity index (χ4v) is 1.80. The monoisotopic (exact) mass is 208 g/mol. The average molecular weight is 208 g/mol. The quantitative estimate of drug-likeness (QED) is 0.773. The Balaban J connectivity index is 1.76. The van der Waals surface area contributed by atoms with E-state index in [2.05, 4.69) is 10.2 Å². The van der Waals surface area contributed by atoms with Crippen LogP contribution in [0.15, 0.2) is 23.0 Å². The topological polar surface area (TPSA) is 45.5 Å². The fraction of sp³-hybridized carbons (Fsp3) is 0.545. The molecule has 15 heavy (non-hydrogen) atoms. The van der Waals surface area contributed by atoms with Crippen molar-refractivity contribution < 1.29 is 9.21 Å². The van der Waals surface area contributed by atoms with Gasteiger partial charge in [-0.2, -0.15) is 0 Å². The standard InChI is InChI=1S/C11H16N2O2/c14-11(7-10-1-6-15-9-10)8-13-4-2-12-3-5-13/h1,6,9,12H,2-5,7-8H2. The summed E-state index contributed by atoms with van der Waals surface area (Å²) in [6.07, 6.45) is 3.73. The van der Waals surface area contributed by atoms with E-state index in [0.717, 1.165) is 31.7 Å². The fourth-order valence-electron chi connectivity index (χ4n) is 1.80. The molecule has 0 radical (unpaired) electrons. The van der Waals surface area contributed by atoms with Gasteiger partial charge in [-0.1, -0.05) is 0 Å². The van der Waals surface area contributed by atoms with Gasteiger partial charge in [0.05, 0.1) is 19.1 Å². The Morgan fingerprint density at radius 3 is 2.93 bits per heavy atom. The van der Waals surface area contributed by atoms with Crippen LogP contribution in [0.2, 0.25) is 0 Å². The van der Waals surface area contributed by atoms with Crippen molar-refractivity contribution in [2.24, 2.45) is 0 Å². The lowest BCUT2D eigenvalue weighted by Gasteiger charge is -2.26. The number of Topliss-reactive ketones (excluding diaryl/α,β-unsaturated/α-hetero) is 1. The maximum absolute atomic E-state index is 11.7. The van der Waals surface area contributed by atoms with E-state index in [4.69, 9.17) is 4.42 Å². The minimum Gasteiger partial charge on any atom is -0.472 e. The van der Waals surface area contributed by atoms with Gasteiger partial charge < -0.3 is 9.73 Å². The Kier molecular flexibility index (Phi) is 3.53. The largest absolute Gasteiger partial charge is 0.472 e. The number of nitrogens with zero attached hydrogens (tertiary/aromatic N) is 1. The average Bonchev–Trinajstić information content (AvgIpc) is 2.71. The first-order valence-corrected chi connectivity index (χ1v) is 5.30. The predicted octanol–water partition coefficient (Wildman–Crippen LogP) is 0.296. The molecule has 0 spiro atoms. The number of rotatable bonds is 4. The molecule has 1 fully saturated rings. The zero-order valence-electron chi connectivity index (χ0n) is 8.74. The number of hydrogen-bond acceptors (Lipinski definition) is 4. The molecule has 1 saturated heterocycles. The zero-order chi connectivity index (χ0) is 10.5. The van der Waals surface area contributed by atoms with Crippen LogP contribution in [0, 0.1) is 0 Å². The molecule has 1 aliphatic heterocycles.